The minimum atomic E-state index is 0.769. The Labute approximate surface area is 114 Å². The molecule has 1 heterocycles. The predicted molar refractivity (Wildman–Crippen MR) is 77.5 cm³/mol. The molecule has 0 amide bonds. The van der Waals surface area contributed by atoms with Gasteiger partial charge in [-0.25, -0.2) is 4.98 Å². The van der Waals surface area contributed by atoms with Crippen molar-refractivity contribution in [1.29, 1.82) is 0 Å². The normalized spacial score (nSPS) is 10.6. The summed E-state index contributed by atoms with van der Waals surface area (Å²) in [6, 6.07) is 8.43. The van der Waals surface area contributed by atoms with Gasteiger partial charge in [-0.05, 0) is 24.5 Å². The fourth-order valence-electron chi connectivity index (χ4n) is 1.99. The Balaban J connectivity index is 1.98. The van der Waals surface area contributed by atoms with E-state index in [0.29, 0.717) is 0 Å². The van der Waals surface area contributed by atoms with E-state index in [1.165, 1.54) is 11.1 Å². The van der Waals surface area contributed by atoms with Crippen molar-refractivity contribution in [2.24, 2.45) is 0 Å². The summed E-state index contributed by atoms with van der Waals surface area (Å²) in [6.45, 7) is 4.63. The van der Waals surface area contributed by atoms with Gasteiger partial charge in [-0.2, -0.15) is 0 Å². The van der Waals surface area contributed by atoms with Crippen LogP contribution in [0.1, 0.15) is 17.5 Å². The molecule has 0 bridgehead atoms. The molecule has 0 aliphatic rings. The number of benzene rings is 1. The Morgan fingerprint density at radius 1 is 1.32 bits per heavy atom. The van der Waals surface area contributed by atoms with Gasteiger partial charge in [-0.3, -0.25) is 0 Å². The molecule has 0 radical (unpaired) electrons. The minimum Gasteiger partial charge on any atom is -0.385 e. The van der Waals surface area contributed by atoms with Crippen molar-refractivity contribution >= 4 is 5.95 Å². The Bertz CT molecular complexity index is 508. The van der Waals surface area contributed by atoms with E-state index in [0.717, 1.165) is 32.1 Å². The number of ether oxygens (including phenoxy) is 1. The predicted octanol–water partition coefficient (Wildman–Crippen LogP) is 2.69. The van der Waals surface area contributed by atoms with Gasteiger partial charge in [-0.15, -0.1) is 0 Å². The van der Waals surface area contributed by atoms with Gasteiger partial charge in [0.25, 0.3) is 0 Å². The molecule has 0 saturated carbocycles. The average Bonchev–Trinajstić information content (AvgIpc) is 2.85. The molecule has 0 fully saturated rings. The highest BCUT2D eigenvalue weighted by Crippen LogP contribution is 2.12. The van der Waals surface area contributed by atoms with Crippen molar-refractivity contribution in [3.63, 3.8) is 0 Å². The summed E-state index contributed by atoms with van der Waals surface area (Å²) >= 11 is 0. The Morgan fingerprint density at radius 2 is 2.16 bits per heavy atom. The maximum absolute atomic E-state index is 5.04. The molecule has 0 saturated heterocycles. The van der Waals surface area contributed by atoms with Crippen molar-refractivity contribution in [2.75, 3.05) is 25.6 Å². The van der Waals surface area contributed by atoms with Gasteiger partial charge in [0, 0.05) is 32.7 Å². The summed E-state index contributed by atoms with van der Waals surface area (Å²) in [7, 11) is 1.72. The lowest BCUT2D eigenvalue weighted by Gasteiger charge is -2.11. The van der Waals surface area contributed by atoms with E-state index in [9.17, 15) is 0 Å². The summed E-state index contributed by atoms with van der Waals surface area (Å²) in [5.74, 6) is 0.916. The highest BCUT2D eigenvalue weighted by atomic mass is 16.5. The molecular formula is C15H21N3O. The lowest BCUT2D eigenvalue weighted by molar-refractivity contribution is 0.197. The third kappa shape index (κ3) is 3.83. The van der Waals surface area contributed by atoms with Crippen LogP contribution in [0.4, 0.5) is 5.95 Å². The molecule has 0 aliphatic heterocycles. The zero-order chi connectivity index (χ0) is 13.5. The van der Waals surface area contributed by atoms with E-state index in [1.54, 1.807) is 7.11 Å². The Kier molecular flexibility index (Phi) is 4.98. The standard InChI is InChI=1S/C15H21N3O/c1-13-6-3-4-7-14(13)12-18-10-9-17-15(18)16-8-5-11-19-2/h3-4,6-7,9-10H,5,8,11-12H2,1-2H3,(H,16,17). The summed E-state index contributed by atoms with van der Waals surface area (Å²) < 4.78 is 7.17. The number of methoxy groups -OCH3 is 1. The molecule has 1 aromatic heterocycles. The van der Waals surface area contributed by atoms with Crippen LogP contribution in [0.25, 0.3) is 0 Å². The zero-order valence-electron chi connectivity index (χ0n) is 11.6. The summed E-state index contributed by atoms with van der Waals surface area (Å²) in [4.78, 5) is 4.35. The quantitative estimate of drug-likeness (QED) is 0.777. The van der Waals surface area contributed by atoms with Gasteiger partial charge in [0.2, 0.25) is 5.95 Å². The second kappa shape index (κ2) is 6.95. The van der Waals surface area contributed by atoms with E-state index >= 15 is 0 Å². The van der Waals surface area contributed by atoms with E-state index in [4.69, 9.17) is 4.74 Å². The molecule has 2 rings (SSSR count). The fraction of sp³-hybridized carbons (Fsp3) is 0.400. The smallest absolute Gasteiger partial charge is 0.203 e. The maximum atomic E-state index is 5.04. The number of nitrogens with one attached hydrogen (secondary N) is 1. The van der Waals surface area contributed by atoms with Gasteiger partial charge in [-0.1, -0.05) is 24.3 Å². The number of aryl methyl sites for hydroxylation is 1. The van der Waals surface area contributed by atoms with E-state index in [1.807, 2.05) is 12.4 Å². The van der Waals surface area contributed by atoms with Crippen molar-refractivity contribution in [1.82, 2.24) is 9.55 Å². The molecule has 0 atom stereocenters. The Hall–Kier alpha value is -1.81. The van der Waals surface area contributed by atoms with Crippen LogP contribution in [0.3, 0.4) is 0 Å². The van der Waals surface area contributed by atoms with Crippen LogP contribution in [-0.4, -0.2) is 29.8 Å². The first-order valence-corrected chi connectivity index (χ1v) is 6.59. The summed E-state index contributed by atoms with van der Waals surface area (Å²) in [5.41, 5.74) is 2.63. The molecule has 4 nitrogen and oxygen atoms in total. The van der Waals surface area contributed by atoms with Gasteiger partial charge >= 0.3 is 0 Å². The number of nitrogens with zero attached hydrogens (tertiary/aromatic N) is 2. The molecule has 19 heavy (non-hydrogen) atoms. The number of anilines is 1. The van der Waals surface area contributed by atoms with Gasteiger partial charge in [0.05, 0.1) is 6.54 Å². The molecule has 2 aromatic rings. The minimum absolute atomic E-state index is 0.769. The van der Waals surface area contributed by atoms with Gasteiger partial charge in [0.15, 0.2) is 0 Å². The Morgan fingerprint density at radius 3 is 2.95 bits per heavy atom. The van der Waals surface area contributed by atoms with Crippen LogP contribution >= 0.6 is 0 Å². The van der Waals surface area contributed by atoms with Gasteiger partial charge in [0.1, 0.15) is 0 Å². The van der Waals surface area contributed by atoms with Crippen molar-refractivity contribution < 1.29 is 4.74 Å². The monoisotopic (exact) mass is 259 g/mol. The van der Waals surface area contributed by atoms with Crippen LogP contribution in [0, 0.1) is 6.92 Å². The lowest BCUT2D eigenvalue weighted by atomic mass is 10.1. The molecule has 102 valence electrons. The first kappa shape index (κ1) is 13.6. The van der Waals surface area contributed by atoms with E-state index in [2.05, 4.69) is 46.1 Å². The second-order valence-corrected chi connectivity index (χ2v) is 4.58. The fourth-order valence-corrected chi connectivity index (χ4v) is 1.99. The van der Waals surface area contributed by atoms with E-state index < -0.39 is 0 Å². The third-order valence-electron chi connectivity index (χ3n) is 3.13. The second-order valence-electron chi connectivity index (χ2n) is 4.58. The molecule has 1 aromatic carbocycles. The number of rotatable bonds is 7. The van der Waals surface area contributed by atoms with Crippen molar-refractivity contribution in [2.45, 2.75) is 19.9 Å². The largest absolute Gasteiger partial charge is 0.385 e. The maximum Gasteiger partial charge on any atom is 0.203 e. The molecule has 4 heteroatoms. The van der Waals surface area contributed by atoms with Crippen molar-refractivity contribution in [3.05, 3.63) is 47.8 Å². The molecule has 1 N–H and O–H groups in total. The van der Waals surface area contributed by atoms with Crippen LogP contribution in [0.15, 0.2) is 36.7 Å². The van der Waals surface area contributed by atoms with Crippen LogP contribution in [0.5, 0.6) is 0 Å². The number of hydrogen-bond acceptors (Lipinski definition) is 3. The highest BCUT2D eigenvalue weighted by molar-refractivity contribution is 5.31. The third-order valence-corrected chi connectivity index (χ3v) is 3.13. The number of hydrogen-bond donors (Lipinski definition) is 1. The molecule has 0 aliphatic carbocycles. The van der Waals surface area contributed by atoms with Crippen LogP contribution in [0.2, 0.25) is 0 Å². The summed E-state index contributed by atoms with van der Waals surface area (Å²) in [5, 5.41) is 3.34. The van der Waals surface area contributed by atoms with Crippen LogP contribution in [-0.2, 0) is 11.3 Å². The highest BCUT2D eigenvalue weighted by Gasteiger charge is 2.04. The molecule has 0 unspecified atom stereocenters. The molecular weight excluding hydrogens is 238 g/mol. The van der Waals surface area contributed by atoms with E-state index in [-0.39, 0.29) is 0 Å². The SMILES string of the molecule is COCCCNc1nccn1Cc1ccccc1C. The topological polar surface area (TPSA) is 39.1 Å². The summed E-state index contributed by atoms with van der Waals surface area (Å²) in [6.07, 6.45) is 4.82. The first-order chi connectivity index (χ1) is 9.31. The van der Waals surface area contributed by atoms with Crippen LogP contribution < -0.4 is 5.32 Å². The molecule has 0 spiro atoms. The lowest BCUT2D eigenvalue weighted by Crippen LogP contribution is -2.11. The van der Waals surface area contributed by atoms with Gasteiger partial charge < -0.3 is 14.6 Å². The first-order valence-electron chi connectivity index (χ1n) is 6.59. The number of aromatic nitrogens is 2. The number of imidazole rings is 1. The average molecular weight is 259 g/mol. The zero-order valence-corrected chi connectivity index (χ0v) is 11.6. The van der Waals surface area contributed by atoms with Crippen molar-refractivity contribution in [3.8, 4) is 0 Å².